The Kier molecular flexibility index (Phi) is 31.5. The van der Waals surface area contributed by atoms with Crippen LogP contribution >= 0.6 is 45.3 Å². The first-order valence-corrected chi connectivity index (χ1v) is 54.4. The molecule has 22 rings (SSSR count). The van der Waals surface area contributed by atoms with Crippen LogP contribution in [-0.4, -0.2) is 243 Å². The standard InChI is InChI=1S/C29H35N7O2S.C27H33N7O2S.C26H29N7O2S.C26H30N6O3S/c1-18-6-3-4-12-35(18)13-5-11-30-29(38)25-10-9-24(39-25)23-16-26(33-22-7-8-22)36-28(34-23)21(17-31-36)14-20-15-27(37)32-19(20)2;1-16-17(11-24(35)30-16)10-18-13-29-34-23(31-19-6-7-19)12-20(32-25(18)34)21-8-9-22(37-21)26(36)28-14-27(2,3)15-33(4)5;1-16-17(13-24(34)29-16)12-18-15-28-33-23(30-19-4-5-19)14-20(31-25(18)33)21-6-7-22(36-21)26(35)27-8-11-32-9-2-3-10-32;1-15(2)35-10-4-9-27-26(34)22-8-7-21(36-22)20-13-23(30-19-5-6-19)32-25(31-20)18(14-28-32)11-17-12-24(33)29-16(17)3/h9-10,14,16-18,22,33H,2-8,11-13,15H2,1H3,(H,30,38)(H,32,37);8-10,12-13,19,31H,1,6-7,11,14-15H2,2-5H3,(H,28,36)(H,30,35);6-7,12,14-15,19,30H,1-5,8-11,13H2,(H,27,35)(H,29,34);7-8,11,13-15,19,30H,3-6,9-10,12H2,1-2H3,(H,27,34)(H,29,33)/b20-14+;17-10+;17-12+;17-11+. The Hall–Kier alpha value is -14.0. The Labute approximate surface area is 874 Å². The molecule has 12 aromatic rings. The van der Waals surface area contributed by atoms with Crippen LogP contribution < -0.4 is 63.8 Å². The van der Waals surface area contributed by atoms with Crippen molar-refractivity contribution in [2.24, 2.45) is 5.41 Å². The van der Waals surface area contributed by atoms with Crippen molar-refractivity contribution < 1.29 is 43.1 Å². The number of carbonyl (C=O) groups excluding carboxylic acids is 8. The number of hydrogen-bond acceptors (Lipinski definition) is 28. The average Bonchev–Trinajstić information content (AvgIpc) is 1.63. The summed E-state index contributed by atoms with van der Waals surface area (Å²) in [6, 6.07) is 25.5. The molecule has 6 saturated heterocycles. The van der Waals surface area contributed by atoms with Crippen LogP contribution in [0.15, 0.2) is 169 Å². The van der Waals surface area contributed by atoms with Gasteiger partial charge in [-0.05, 0) is 245 Å². The molecule has 6 aliphatic heterocycles. The lowest BCUT2D eigenvalue weighted by molar-refractivity contribution is -0.119. The van der Waals surface area contributed by atoms with Crippen molar-refractivity contribution >= 4 is 163 Å². The minimum absolute atomic E-state index is 0.0348. The summed E-state index contributed by atoms with van der Waals surface area (Å²) < 4.78 is 12.7. The summed E-state index contributed by atoms with van der Waals surface area (Å²) in [6.45, 7) is 35.7. The van der Waals surface area contributed by atoms with Crippen LogP contribution in [0.4, 0.5) is 23.3 Å². The van der Waals surface area contributed by atoms with E-state index in [-0.39, 0.29) is 71.6 Å². The maximum atomic E-state index is 12.9. The van der Waals surface area contributed by atoms with Crippen molar-refractivity contribution in [3.63, 3.8) is 0 Å². The van der Waals surface area contributed by atoms with Gasteiger partial charge in [0.2, 0.25) is 23.6 Å². The first-order valence-electron chi connectivity index (χ1n) is 51.1. The highest BCUT2D eigenvalue weighted by molar-refractivity contribution is 7.18. The molecule has 10 aliphatic rings. The fourth-order valence-electron chi connectivity index (χ4n) is 18.5. The average molecular weight is 2080 g/mol. The van der Waals surface area contributed by atoms with Crippen LogP contribution in [0.3, 0.4) is 0 Å². The summed E-state index contributed by atoms with van der Waals surface area (Å²) in [5, 5.41) is 55.7. The highest BCUT2D eigenvalue weighted by Crippen LogP contribution is 2.41. The van der Waals surface area contributed by atoms with E-state index in [0.29, 0.717) is 141 Å². The fourth-order valence-corrected chi connectivity index (χ4v) is 22.0. The maximum Gasteiger partial charge on any atom is 0.261 e. The van der Waals surface area contributed by atoms with Gasteiger partial charge in [0.05, 0.1) is 118 Å². The van der Waals surface area contributed by atoms with Crippen molar-refractivity contribution in [1.82, 2.24) is 116 Å². The predicted molar refractivity (Wildman–Crippen MR) is 584 cm³/mol. The smallest absolute Gasteiger partial charge is 0.261 e. The number of allylic oxidation sites excluding steroid dienone is 4. The van der Waals surface area contributed by atoms with E-state index in [1.807, 2.05) is 130 Å². The zero-order valence-electron chi connectivity index (χ0n) is 84.6. The van der Waals surface area contributed by atoms with Crippen LogP contribution in [0.2, 0.25) is 0 Å². The molecule has 10 fully saturated rings. The molecule has 8 amide bonds. The maximum absolute atomic E-state index is 12.9. The van der Waals surface area contributed by atoms with Gasteiger partial charge in [0.1, 0.15) is 23.3 Å². The SMILES string of the molecule is C=C1NC(=O)C/C1=C\c1cnn2c(NC3CC3)cc(-c3ccc(C(=O)NCC(C)(C)CN(C)C)s3)nc12.C=C1NC(=O)C/C1=C\c1cnn2c(NC3CC3)cc(-c3ccc(C(=O)NCCCN4CCCCC4C)s3)nc12.C=C1NC(=O)C/C1=C\c1cnn2c(NC3CC3)cc(-c3ccc(C(=O)NCCCOC(C)C)s3)nc12.C=C1NC(=O)C/C1=C\c1cnn2c(NC3CC3)cc(-c3ccc(C(=O)NCCN4CCCC4)s3)nc12. The van der Waals surface area contributed by atoms with Crippen molar-refractivity contribution in [3.05, 3.63) is 211 Å². The first kappa shape index (κ1) is 103. The third kappa shape index (κ3) is 25.9. The lowest BCUT2D eigenvalue weighted by Gasteiger charge is -2.33. The van der Waals surface area contributed by atoms with Crippen molar-refractivity contribution in [2.75, 3.05) is 107 Å². The summed E-state index contributed by atoms with van der Waals surface area (Å²) in [5.41, 5.74) is 14.9. The van der Waals surface area contributed by atoms with Crippen LogP contribution in [0, 0.1) is 5.41 Å². The largest absolute Gasteiger partial charge is 0.379 e. The number of amides is 8. The summed E-state index contributed by atoms with van der Waals surface area (Å²) in [7, 11) is 4.07. The van der Waals surface area contributed by atoms with E-state index in [0.717, 1.165) is 214 Å². The van der Waals surface area contributed by atoms with Gasteiger partial charge in [0, 0.05) is 152 Å². The number of rotatable bonds is 36. The molecule has 148 heavy (non-hydrogen) atoms. The highest BCUT2D eigenvalue weighted by atomic mass is 32.1. The minimum Gasteiger partial charge on any atom is -0.379 e. The molecule has 18 heterocycles. The lowest BCUT2D eigenvalue weighted by atomic mass is 9.93. The number of anilines is 4. The van der Waals surface area contributed by atoms with Gasteiger partial charge in [-0.1, -0.05) is 46.6 Å². The van der Waals surface area contributed by atoms with Gasteiger partial charge < -0.3 is 83.2 Å². The zero-order chi connectivity index (χ0) is 103. The summed E-state index contributed by atoms with van der Waals surface area (Å²) in [5.74, 6) is 2.94. The quantitative estimate of drug-likeness (QED) is 0.0162. The Morgan fingerprint density at radius 3 is 1.06 bits per heavy atom. The molecule has 0 spiro atoms. The molecular weight excluding hydrogens is 1950 g/mol. The number of likely N-dealkylation sites (tertiary alicyclic amines) is 2. The molecule has 12 N–H and O–H groups in total. The van der Waals surface area contributed by atoms with Gasteiger partial charge in [-0.3, -0.25) is 38.4 Å². The Morgan fingerprint density at radius 1 is 0.439 bits per heavy atom. The van der Waals surface area contributed by atoms with Crippen LogP contribution in [0.25, 0.3) is 89.2 Å². The number of nitrogens with zero attached hydrogens (tertiary/aromatic N) is 15. The molecule has 0 aromatic carbocycles. The van der Waals surface area contributed by atoms with E-state index in [1.54, 1.807) is 38.3 Å². The summed E-state index contributed by atoms with van der Waals surface area (Å²) in [4.78, 5) is 131. The zero-order valence-corrected chi connectivity index (χ0v) is 87.8. The van der Waals surface area contributed by atoms with Gasteiger partial charge in [-0.25, -0.2) is 19.9 Å². The molecule has 12 aromatic heterocycles. The van der Waals surface area contributed by atoms with Gasteiger partial charge in [-0.2, -0.15) is 38.5 Å². The second-order valence-corrected chi connectivity index (χ2v) is 45.0. The van der Waals surface area contributed by atoms with E-state index in [2.05, 4.69) is 146 Å². The van der Waals surface area contributed by atoms with Crippen molar-refractivity contribution in [3.8, 4) is 42.3 Å². The predicted octanol–water partition coefficient (Wildman–Crippen LogP) is 15.5. The number of aromatic nitrogens is 12. The fraction of sp³-hybridized carbons (Fsp3) is 0.407. The first-order chi connectivity index (χ1) is 71.4. The third-order valence-corrected chi connectivity index (χ3v) is 31.2. The Bertz CT molecular complexity index is 7290. The van der Waals surface area contributed by atoms with Gasteiger partial charge >= 0.3 is 0 Å². The lowest BCUT2D eigenvalue weighted by Crippen LogP contribution is -2.39. The van der Waals surface area contributed by atoms with Gasteiger partial charge in [0.25, 0.3) is 23.6 Å². The number of hydrogen-bond donors (Lipinski definition) is 12. The highest BCUT2D eigenvalue weighted by Gasteiger charge is 2.33. The second-order valence-electron chi connectivity index (χ2n) is 40.7. The number of thiophene rings is 4. The van der Waals surface area contributed by atoms with Gasteiger partial charge in [0.15, 0.2) is 22.6 Å². The molecule has 36 nitrogen and oxygen atoms in total. The number of carbonyl (C=O) groups is 8. The molecule has 1 unspecified atom stereocenters. The minimum atomic E-state index is -0.0973. The second kappa shape index (κ2) is 45.4. The number of nitrogens with one attached hydrogen (secondary N) is 12. The molecule has 4 aliphatic carbocycles. The van der Waals surface area contributed by atoms with Gasteiger partial charge in [-0.15, -0.1) is 45.3 Å². The Balaban J connectivity index is 0.000000124. The molecular formula is C108H127N27O9S4. The molecule has 0 bridgehead atoms. The van der Waals surface area contributed by atoms with Crippen LogP contribution in [0.5, 0.6) is 0 Å². The summed E-state index contributed by atoms with van der Waals surface area (Å²) >= 11 is 5.72. The molecule has 772 valence electrons. The summed E-state index contributed by atoms with van der Waals surface area (Å²) in [6.07, 6.45) is 33.2. The number of piperidine rings is 1. The molecule has 1 atom stereocenters. The van der Waals surface area contributed by atoms with Crippen molar-refractivity contribution in [1.29, 1.82) is 0 Å². The van der Waals surface area contributed by atoms with Crippen molar-refractivity contribution in [2.45, 2.75) is 193 Å². The van der Waals surface area contributed by atoms with Crippen LogP contribution in [-0.2, 0) is 23.9 Å². The van der Waals surface area contributed by atoms with E-state index in [1.165, 1.54) is 77.5 Å². The molecule has 40 heteroatoms. The van der Waals surface area contributed by atoms with E-state index < -0.39 is 0 Å². The van der Waals surface area contributed by atoms with Crippen LogP contribution in [0.1, 0.15) is 218 Å². The molecule has 0 radical (unpaired) electrons. The van der Waals surface area contributed by atoms with E-state index in [9.17, 15) is 38.4 Å². The number of fused-ring (bicyclic) bond motifs is 4. The van der Waals surface area contributed by atoms with E-state index in [4.69, 9.17) is 24.7 Å². The number of ether oxygens (including phenoxy) is 1. The van der Waals surface area contributed by atoms with E-state index >= 15 is 0 Å². The molecule has 4 saturated carbocycles. The normalized spacial score (nSPS) is 18.6. The topological polar surface area (TPSA) is 421 Å². The third-order valence-electron chi connectivity index (χ3n) is 26.8. The Morgan fingerprint density at radius 2 is 0.757 bits per heavy atom. The monoisotopic (exact) mass is 2070 g/mol.